The number of hydrazine groups is 1. The number of rotatable bonds is 5. The number of H-pyrrole nitrogens is 1. The molecular formula is C30H42ClN7O2. The predicted molar refractivity (Wildman–Crippen MR) is 159 cm³/mol. The van der Waals surface area contributed by atoms with Gasteiger partial charge in [-0.25, -0.2) is 5.43 Å². The van der Waals surface area contributed by atoms with Crippen molar-refractivity contribution in [2.24, 2.45) is 0 Å². The van der Waals surface area contributed by atoms with Crippen molar-refractivity contribution < 1.29 is 9.59 Å². The first-order valence-corrected chi connectivity index (χ1v) is 14.7. The number of likely N-dealkylation sites (tertiary alicyclic amines) is 1. The minimum atomic E-state index is -0.232. The fourth-order valence-electron chi connectivity index (χ4n) is 6.80. The van der Waals surface area contributed by atoms with Gasteiger partial charge in [0.25, 0.3) is 0 Å². The highest BCUT2D eigenvalue weighted by Gasteiger charge is 2.47. The van der Waals surface area contributed by atoms with E-state index in [0.717, 1.165) is 69.7 Å². The summed E-state index contributed by atoms with van der Waals surface area (Å²) in [6, 6.07) is 0.227. The highest BCUT2D eigenvalue weighted by atomic mass is 35.5. The van der Waals surface area contributed by atoms with Crippen molar-refractivity contribution >= 4 is 39.9 Å². The van der Waals surface area contributed by atoms with Crippen LogP contribution in [0.1, 0.15) is 63.6 Å². The lowest BCUT2D eigenvalue weighted by Gasteiger charge is -2.52. The van der Waals surface area contributed by atoms with Gasteiger partial charge in [0.15, 0.2) is 0 Å². The number of aromatic amines is 1. The van der Waals surface area contributed by atoms with Crippen molar-refractivity contribution in [1.82, 2.24) is 35.3 Å². The van der Waals surface area contributed by atoms with E-state index in [1.807, 2.05) is 16.0 Å². The summed E-state index contributed by atoms with van der Waals surface area (Å²) in [6.45, 7) is 19.6. The van der Waals surface area contributed by atoms with Crippen LogP contribution in [0, 0.1) is 13.8 Å². The monoisotopic (exact) mass is 567 g/mol. The van der Waals surface area contributed by atoms with Gasteiger partial charge >= 0.3 is 0 Å². The van der Waals surface area contributed by atoms with Gasteiger partial charge in [0.2, 0.25) is 11.8 Å². The fourth-order valence-corrected chi connectivity index (χ4v) is 7.15. The highest BCUT2D eigenvalue weighted by Crippen LogP contribution is 2.45. The molecule has 2 amide bonds. The summed E-state index contributed by atoms with van der Waals surface area (Å²) >= 11 is 7.21. The van der Waals surface area contributed by atoms with Crippen molar-refractivity contribution in [3.8, 4) is 0 Å². The number of carbonyl (C=O) groups is 2. The van der Waals surface area contributed by atoms with E-state index in [2.05, 4.69) is 66.7 Å². The second-order valence-electron chi connectivity index (χ2n) is 11.7. The Morgan fingerprint density at radius 3 is 2.48 bits per heavy atom. The van der Waals surface area contributed by atoms with Crippen molar-refractivity contribution in [3.63, 3.8) is 0 Å². The highest BCUT2D eigenvalue weighted by molar-refractivity contribution is 6.34. The molecule has 1 aromatic carbocycles. The smallest absolute Gasteiger partial charge is 0.245 e. The molecule has 4 heterocycles. The number of nitrogens with zero attached hydrogens (tertiary/aromatic N) is 5. The summed E-state index contributed by atoms with van der Waals surface area (Å²) in [5, 5.41) is 11.7. The zero-order chi connectivity index (χ0) is 28.9. The third-order valence-corrected chi connectivity index (χ3v) is 10.1. The maximum absolute atomic E-state index is 12.4. The standard InChI is InChI=1S/C30H42ClN7O2/c1-8-24(40)35-12-10-22(11-13-35)38-20(5)25(26-23-16-32-33-28(23)19(4)18(3)27(26)31)29(34-38)37-15-14-36(21(6)39)17-30(37,7)9-2/h8,16,22,29,34H,1,9-15,17H2,2-7H3,(H,32,33)/t29?,30-/m0/s1. The molecule has 0 spiro atoms. The minimum Gasteiger partial charge on any atom is -0.340 e. The van der Waals surface area contributed by atoms with Gasteiger partial charge in [-0.3, -0.25) is 19.6 Å². The van der Waals surface area contributed by atoms with Gasteiger partial charge in [0.1, 0.15) is 6.17 Å². The number of allylic oxidation sites excluding steroid dienone is 1. The molecule has 2 fully saturated rings. The molecule has 1 unspecified atom stereocenters. The van der Waals surface area contributed by atoms with Crippen LogP contribution in [0.3, 0.4) is 0 Å². The lowest BCUT2D eigenvalue weighted by molar-refractivity contribution is -0.135. The van der Waals surface area contributed by atoms with Crippen molar-refractivity contribution in [3.05, 3.63) is 46.3 Å². The average molecular weight is 568 g/mol. The van der Waals surface area contributed by atoms with E-state index in [-0.39, 0.29) is 29.6 Å². The summed E-state index contributed by atoms with van der Waals surface area (Å²) in [5.41, 5.74) is 10.1. The lowest BCUT2D eigenvalue weighted by atomic mass is 9.88. The van der Waals surface area contributed by atoms with Gasteiger partial charge in [-0.05, 0) is 64.2 Å². The van der Waals surface area contributed by atoms with Crippen molar-refractivity contribution in [2.75, 3.05) is 32.7 Å². The largest absolute Gasteiger partial charge is 0.340 e. The third kappa shape index (κ3) is 4.62. The maximum Gasteiger partial charge on any atom is 0.245 e. The fraction of sp³-hybridized carbons (Fsp3) is 0.567. The van der Waals surface area contributed by atoms with Crippen LogP contribution in [-0.4, -0.2) is 92.2 Å². The van der Waals surface area contributed by atoms with Gasteiger partial charge in [-0.2, -0.15) is 5.10 Å². The van der Waals surface area contributed by atoms with Crippen molar-refractivity contribution in [1.29, 1.82) is 0 Å². The second kappa shape index (κ2) is 10.8. The van der Waals surface area contributed by atoms with Crippen LogP contribution in [0.25, 0.3) is 16.5 Å². The van der Waals surface area contributed by atoms with E-state index in [0.29, 0.717) is 26.2 Å². The zero-order valence-electron chi connectivity index (χ0n) is 24.6. The Bertz CT molecular complexity index is 1380. The van der Waals surface area contributed by atoms with Crippen LogP contribution in [-0.2, 0) is 9.59 Å². The number of carbonyl (C=O) groups excluding carboxylic acids is 2. The van der Waals surface area contributed by atoms with Gasteiger partial charge in [0, 0.05) is 73.4 Å². The Morgan fingerprint density at radius 1 is 1.15 bits per heavy atom. The van der Waals surface area contributed by atoms with E-state index < -0.39 is 0 Å². The predicted octanol–water partition coefficient (Wildman–Crippen LogP) is 4.22. The summed E-state index contributed by atoms with van der Waals surface area (Å²) in [5.74, 6) is 0.107. The number of aromatic nitrogens is 2. The average Bonchev–Trinajstić information content (AvgIpc) is 3.57. The second-order valence-corrected chi connectivity index (χ2v) is 12.1. The number of hydrogen-bond donors (Lipinski definition) is 2. The SMILES string of the molecule is C=CC(=O)N1CCC(N2NC(N3CCN(C(C)=O)C[C@]3(C)CC)C(c3c(Cl)c(C)c(C)c4[nH]ncc34)=C2C)CC1. The molecule has 2 aromatic rings. The van der Waals surface area contributed by atoms with E-state index in [1.54, 1.807) is 6.92 Å². The van der Waals surface area contributed by atoms with Crippen LogP contribution < -0.4 is 5.43 Å². The third-order valence-electron chi connectivity index (χ3n) is 9.62. The van der Waals surface area contributed by atoms with Crippen LogP contribution in [0.4, 0.5) is 0 Å². The molecule has 2 atom stereocenters. The number of aryl methyl sites for hydroxylation is 1. The number of piperidine rings is 1. The Labute approximate surface area is 242 Å². The van der Waals surface area contributed by atoms with E-state index >= 15 is 0 Å². The molecule has 216 valence electrons. The van der Waals surface area contributed by atoms with Crippen molar-refractivity contribution in [2.45, 2.75) is 78.6 Å². The van der Waals surface area contributed by atoms with E-state index in [1.165, 1.54) is 6.08 Å². The van der Waals surface area contributed by atoms with Crippen LogP contribution >= 0.6 is 11.6 Å². The Kier molecular flexibility index (Phi) is 7.76. The molecule has 5 rings (SSSR count). The van der Waals surface area contributed by atoms with Gasteiger partial charge in [0.05, 0.1) is 16.7 Å². The van der Waals surface area contributed by atoms with E-state index in [9.17, 15) is 9.59 Å². The summed E-state index contributed by atoms with van der Waals surface area (Å²) in [4.78, 5) is 31.0. The molecule has 40 heavy (non-hydrogen) atoms. The number of piperazine rings is 1. The maximum atomic E-state index is 12.4. The van der Waals surface area contributed by atoms with Gasteiger partial charge < -0.3 is 14.8 Å². The zero-order valence-corrected chi connectivity index (χ0v) is 25.4. The molecule has 10 heteroatoms. The molecule has 3 aliphatic heterocycles. The first kappa shape index (κ1) is 28.6. The molecule has 2 saturated heterocycles. The quantitative estimate of drug-likeness (QED) is 0.526. The normalized spacial score (nSPS) is 24.9. The van der Waals surface area contributed by atoms with Crippen LogP contribution in [0.15, 0.2) is 24.5 Å². The molecule has 0 bridgehead atoms. The Morgan fingerprint density at radius 2 is 1.85 bits per heavy atom. The minimum absolute atomic E-state index is 0.00928. The molecule has 1 aromatic heterocycles. The molecule has 0 radical (unpaired) electrons. The summed E-state index contributed by atoms with van der Waals surface area (Å²) in [6.07, 6.45) is 5.76. The molecular weight excluding hydrogens is 526 g/mol. The van der Waals surface area contributed by atoms with Crippen LogP contribution in [0.2, 0.25) is 5.02 Å². The molecule has 9 nitrogen and oxygen atoms in total. The van der Waals surface area contributed by atoms with Crippen LogP contribution in [0.5, 0.6) is 0 Å². The molecule has 0 aliphatic carbocycles. The number of nitrogens with one attached hydrogen (secondary N) is 2. The number of hydrogen-bond acceptors (Lipinski definition) is 6. The molecule has 3 aliphatic rings. The number of amides is 2. The summed E-state index contributed by atoms with van der Waals surface area (Å²) < 4.78 is 0. The topological polar surface area (TPSA) is 87.8 Å². The lowest BCUT2D eigenvalue weighted by Crippen LogP contribution is -2.67. The van der Waals surface area contributed by atoms with E-state index in [4.69, 9.17) is 11.6 Å². The van der Waals surface area contributed by atoms with Gasteiger partial charge in [-0.1, -0.05) is 25.1 Å². The van der Waals surface area contributed by atoms with Gasteiger partial charge in [-0.15, -0.1) is 0 Å². The Hall–Kier alpha value is -2.88. The number of fused-ring (bicyclic) bond motifs is 1. The number of benzene rings is 1. The Balaban J connectivity index is 1.60. The molecule has 2 N–H and O–H groups in total. The summed E-state index contributed by atoms with van der Waals surface area (Å²) in [7, 11) is 0. The molecule has 0 saturated carbocycles. The first-order chi connectivity index (χ1) is 19.0. The number of halogens is 1. The first-order valence-electron chi connectivity index (χ1n) is 14.3.